The molecule has 0 heterocycles. The largest absolute Gasteiger partial charge is 0.489 e. The quantitative estimate of drug-likeness (QED) is 0.576. The van der Waals surface area contributed by atoms with Gasteiger partial charge in [0.1, 0.15) is 18.2 Å². The fourth-order valence-corrected chi connectivity index (χ4v) is 2.95. The van der Waals surface area contributed by atoms with Crippen LogP contribution in [0.5, 0.6) is 5.75 Å². The normalized spacial score (nSPS) is 10.5. The van der Waals surface area contributed by atoms with Crippen LogP contribution in [0, 0.1) is 19.7 Å². The summed E-state index contributed by atoms with van der Waals surface area (Å²) in [5, 5.41) is 0. The van der Waals surface area contributed by atoms with Crippen molar-refractivity contribution in [3.8, 4) is 16.9 Å². The number of carbonyl (C=O) groups excluding carboxylic acids is 1. The third-order valence-corrected chi connectivity index (χ3v) is 4.20. The molecule has 0 unspecified atom stereocenters. The predicted octanol–water partition coefficient (Wildman–Crippen LogP) is 5.50. The number of rotatable bonds is 5. The smallest absolute Gasteiger partial charge is 0.152 e. The van der Waals surface area contributed by atoms with Crippen molar-refractivity contribution < 1.29 is 13.9 Å². The molecule has 0 aliphatic carbocycles. The Hall–Kier alpha value is -2.94. The maximum absolute atomic E-state index is 13.6. The molecule has 25 heavy (non-hydrogen) atoms. The van der Waals surface area contributed by atoms with Crippen LogP contribution in [0.2, 0.25) is 0 Å². The predicted molar refractivity (Wildman–Crippen MR) is 97.5 cm³/mol. The highest BCUT2D eigenvalue weighted by Gasteiger charge is 2.07. The molecule has 3 aromatic carbocycles. The summed E-state index contributed by atoms with van der Waals surface area (Å²) >= 11 is 0. The number of aryl methyl sites for hydroxylation is 2. The lowest BCUT2D eigenvalue weighted by Crippen LogP contribution is -1.98. The first-order valence-electron chi connectivity index (χ1n) is 8.11. The Labute approximate surface area is 146 Å². The summed E-state index contributed by atoms with van der Waals surface area (Å²) in [4.78, 5) is 10.7. The molecule has 0 spiro atoms. The van der Waals surface area contributed by atoms with E-state index in [1.165, 1.54) is 28.8 Å². The third-order valence-electron chi connectivity index (χ3n) is 4.20. The standard InChI is InChI=1S/C22H19FO2/c1-15-5-3-6-16(2)22(15)18-8-4-7-17(11-18)14-25-20-10-9-19(13-24)21(23)12-20/h3-13H,14H2,1-2H3. The van der Waals surface area contributed by atoms with Gasteiger partial charge in [-0.3, -0.25) is 4.79 Å². The van der Waals surface area contributed by atoms with Crippen LogP contribution in [0.3, 0.4) is 0 Å². The van der Waals surface area contributed by atoms with Crippen molar-refractivity contribution in [2.75, 3.05) is 0 Å². The van der Waals surface area contributed by atoms with E-state index in [9.17, 15) is 9.18 Å². The van der Waals surface area contributed by atoms with Crippen LogP contribution in [0.1, 0.15) is 27.0 Å². The van der Waals surface area contributed by atoms with E-state index in [2.05, 4.69) is 44.2 Å². The van der Waals surface area contributed by atoms with Crippen molar-refractivity contribution in [3.63, 3.8) is 0 Å². The zero-order chi connectivity index (χ0) is 17.8. The van der Waals surface area contributed by atoms with Gasteiger partial charge in [0.05, 0.1) is 5.56 Å². The summed E-state index contributed by atoms with van der Waals surface area (Å²) in [5.41, 5.74) is 5.85. The molecule has 126 valence electrons. The second-order valence-corrected chi connectivity index (χ2v) is 6.06. The van der Waals surface area contributed by atoms with Gasteiger partial charge in [0.25, 0.3) is 0 Å². The first kappa shape index (κ1) is 16.9. The van der Waals surface area contributed by atoms with Crippen LogP contribution in [-0.2, 0) is 6.61 Å². The minimum atomic E-state index is -0.572. The Morgan fingerprint density at radius 2 is 1.68 bits per heavy atom. The highest BCUT2D eigenvalue weighted by molar-refractivity contribution is 5.75. The zero-order valence-corrected chi connectivity index (χ0v) is 14.3. The molecule has 2 nitrogen and oxygen atoms in total. The van der Waals surface area contributed by atoms with Gasteiger partial charge in [-0.1, -0.05) is 36.4 Å². The summed E-state index contributed by atoms with van der Waals surface area (Å²) in [6, 6.07) is 18.7. The topological polar surface area (TPSA) is 26.3 Å². The van der Waals surface area contributed by atoms with Crippen molar-refractivity contribution >= 4 is 6.29 Å². The second-order valence-electron chi connectivity index (χ2n) is 6.06. The van der Waals surface area contributed by atoms with Gasteiger partial charge in [-0.05, 0) is 59.9 Å². The van der Waals surface area contributed by atoms with Gasteiger partial charge in [-0.15, -0.1) is 0 Å². The molecule has 0 aliphatic heterocycles. The van der Waals surface area contributed by atoms with Gasteiger partial charge in [0.15, 0.2) is 6.29 Å². The van der Waals surface area contributed by atoms with Crippen LogP contribution >= 0.6 is 0 Å². The Morgan fingerprint density at radius 1 is 0.960 bits per heavy atom. The Bertz CT molecular complexity index is 895. The molecule has 0 radical (unpaired) electrons. The Balaban J connectivity index is 1.81. The number of aldehydes is 1. The summed E-state index contributed by atoms with van der Waals surface area (Å²) < 4.78 is 19.3. The van der Waals surface area contributed by atoms with Gasteiger partial charge < -0.3 is 4.74 Å². The zero-order valence-electron chi connectivity index (χ0n) is 14.3. The molecule has 3 aromatic rings. The molecular formula is C22H19FO2. The van der Waals surface area contributed by atoms with Gasteiger partial charge in [-0.25, -0.2) is 4.39 Å². The molecule has 0 N–H and O–H groups in total. The molecule has 0 aromatic heterocycles. The van der Waals surface area contributed by atoms with Crippen LogP contribution in [0.4, 0.5) is 4.39 Å². The average Bonchev–Trinajstić information content (AvgIpc) is 2.60. The van der Waals surface area contributed by atoms with Gasteiger partial charge in [0.2, 0.25) is 0 Å². The molecule has 0 aliphatic rings. The van der Waals surface area contributed by atoms with E-state index in [0.29, 0.717) is 18.6 Å². The highest BCUT2D eigenvalue weighted by atomic mass is 19.1. The monoisotopic (exact) mass is 334 g/mol. The number of halogens is 1. The van der Waals surface area contributed by atoms with Crippen LogP contribution in [0.15, 0.2) is 60.7 Å². The summed E-state index contributed by atoms with van der Waals surface area (Å²) in [5.74, 6) is -0.169. The van der Waals surface area contributed by atoms with E-state index >= 15 is 0 Å². The lowest BCUT2D eigenvalue weighted by Gasteiger charge is -2.12. The van der Waals surface area contributed by atoms with Gasteiger partial charge >= 0.3 is 0 Å². The number of hydrogen-bond donors (Lipinski definition) is 0. The fraction of sp³-hybridized carbons (Fsp3) is 0.136. The third kappa shape index (κ3) is 3.77. The van der Waals surface area contributed by atoms with E-state index < -0.39 is 5.82 Å². The molecule has 0 saturated heterocycles. The van der Waals surface area contributed by atoms with E-state index in [4.69, 9.17) is 4.74 Å². The van der Waals surface area contributed by atoms with Crippen LogP contribution in [-0.4, -0.2) is 6.29 Å². The fourth-order valence-electron chi connectivity index (χ4n) is 2.95. The lowest BCUT2D eigenvalue weighted by atomic mass is 9.95. The maximum atomic E-state index is 13.6. The molecular weight excluding hydrogens is 315 g/mol. The Morgan fingerprint density at radius 3 is 2.36 bits per heavy atom. The molecule has 3 rings (SSSR count). The number of carbonyl (C=O) groups is 1. The van der Waals surface area contributed by atoms with Gasteiger partial charge in [-0.2, -0.15) is 0 Å². The summed E-state index contributed by atoms with van der Waals surface area (Å²) in [6.07, 6.45) is 0.493. The van der Waals surface area contributed by atoms with E-state index in [0.717, 1.165) is 11.1 Å². The molecule has 0 bridgehead atoms. The minimum absolute atomic E-state index is 0.0318. The lowest BCUT2D eigenvalue weighted by molar-refractivity contribution is 0.111. The van der Waals surface area contributed by atoms with Crippen LogP contribution in [0.25, 0.3) is 11.1 Å². The van der Waals surface area contributed by atoms with Crippen molar-refractivity contribution in [2.24, 2.45) is 0 Å². The summed E-state index contributed by atoms with van der Waals surface area (Å²) in [7, 11) is 0. The van der Waals surface area contributed by atoms with E-state index in [1.807, 2.05) is 12.1 Å². The average molecular weight is 334 g/mol. The first-order chi connectivity index (χ1) is 12.1. The van der Waals surface area contributed by atoms with Crippen molar-refractivity contribution in [1.29, 1.82) is 0 Å². The maximum Gasteiger partial charge on any atom is 0.152 e. The molecule has 0 saturated carbocycles. The highest BCUT2D eigenvalue weighted by Crippen LogP contribution is 2.28. The molecule has 3 heteroatoms. The van der Waals surface area contributed by atoms with Crippen LogP contribution < -0.4 is 4.74 Å². The molecule has 0 fully saturated rings. The van der Waals surface area contributed by atoms with Crippen molar-refractivity contribution in [3.05, 3.63) is 88.7 Å². The van der Waals surface area contributed by atoms with E-state index in [-0.39, 0.29) is 5.56 Å². The molecule has 0 atom stereocenters. The number of ether oxygens (including phenoxy) is 1. The second kappa shape index (κ2) is 7.31. The van der Waals surface area contributed by atoms with Crippen molar-refractivity contribution in [2.45, 2.75) is 20.5 Å². The van der Waals surface area contributed by atoms with Gasteiger partial charge in [0, 0.05) is 6.07 Å². The SMILES string of the molecule is Cc1cccc(C)c1-c1cccc(COc2ccc(C=O)c(F)c2)c1. The summed E-state index contributed by atoms with van der Waals surface area (Å²) in [6.45, 7) is 4.53. The molecule has 0 amide bonds. The first-order valence-corrected chi connectivity index (χ1v) is 8.11. The van der Waals surface area contributed by atoms with Crippen molar-refractivity contribution in [1.82, 2.24) is 0 Å². The van der Waals surface area contributed by atoms with E-state index in [1.54, 1.807) is 6.07 Å². The Kier molecular flexibility index (Phi) is 4.94. The minimum Gasteiger partial charge on any atom is -0.489 e. The number of hydrogen-bond acceptors (Lipinski definition) is 2. The number of benzene rings is 3.